The van der Waals surface area contributed by atoms with Crippen molar-refractivity contribution in [2.75, 3.05) is 29.9 Å². The fourth-order valence-electron chi connectivity index (χ4n) is 2.31. The van der Waals surface area contributed by atoms with Crippen molar-refractivity contribution < 1.29 is 12.8 Å². The lowest BCUT2D eigenvalue weighted by atomic mass is 10.2. The van der Waals surface area contributed by atoms with E-state index in [1.54, 1.807) is 6.20 Å². The number of amides is 1. The van der Waals surface area contributed by atoms with Gasteiger partial charge in [0.2, 0.25) is 6.41 Å². The van der Waals surface area contributed by atoms with Crippen LogP contribution < -0.4 is 10.6 Å². The standard InChI is InChI=1S/C15H17N3O.C5H9NOS.2H2/c1-12(17-10-14-3-2-8-16-9-14)18-15-6-4-13(11-19)5-7-15;7-5-6-1-3-8-4-2-6;;/h2-9,17-19H,1,10-11H2;5H,1-4H2;2*1H. The zero-order chi connectivity index (χ0) is 19.3. The zero-order valence-electron chi connectivity index (χ0n) is 15.3. The molecule has 6 nitrogen and oxygen atoms in total. The Morgan fingerprint density at radius 2 is 2.00 bits per heavy atom. The summed E-state index contributed by atoms with van der Waals surface area (Å²) in [6.07, 6.45) is 4.50. The Balaban J connectivity index is 0.000000667. The number of carbonyl (C=O) groups excluding carboxylic acids is 1. The van der Waals surface area contributed by atoms with Crippen molar-refractivity contribution in [2.24, 2.45) is 0 Å². The predicted molar refractivity (Wildman–Crippen MR) is 115 cm³/mol. The average molecular weight is 391 g/mol. The van der Waals surface area contributed by atoms with Crippen molar-refractivity contribution in [1.82, 2.24) is 15.2 Å². The van der Waals surface area contributed by atoms with E-state index in [2.05, 4.69) is 22.2 Å². The second-order valence-electron chi connectivity index (χ2n) is 5.93. The lowest BCUT2D eigenvalue weighted by Gasteiger charge is -2.21. The molecule has 0 saturated carbocycles. The second-order valence-corrected chi connectivity index (χ2v) is 7.15. The summed E-state index contributed by atoms with van der Waals surface area (Å²) in [5.41, 5.74) is 2.92. The molecule has 3 N–H and O–H groups in total. The number of aliphatic hydroxyl groups excluding tert-OH is 1. The maximum atomic E-state index is 10.1. The number of carbonyl (C=O) groups is 1. The monoisotopic (exact) mass is 390 g/mol. The Labute approximate surface area is 167 Å². The van der Waals surface area contributed by atoms with E-state index >= 15 is 0 Å². The highest BCUT2D eigenvalue weighted by molar-refractivity contribution is 7.99. The van der Waals surface area contributed by atoms with Crippen LogP contribution in [-0.2, 0) is 17.9 Å². The molecule has 0 radical (unpaired) electrons. The summed E-state index contributed by atoms with van der Waals surface area (Å²) in [7, 11) is 0. The van der Waals surface area contributed by atoms with Gasteiger partial charge in [-0.2, -0.15) is 11.8 Å². The summed E-state index contributed by atoms with van der Waals surface area (Å²) >= 11 is 1.91. The largest absolute Gasteiger partial charge is 0.392 e. The van der Waals surface area contributed by atoms with Gasteiger partial charge in [0.15, 0.2) is 0 Å². The highest BCUT2D eigenvalue weighted by Gasteiger charge is 2.05. The number of aromatic nitrogens is 1. The Hall–Kier alpha value is -2.51. The molecule has 2 heterocycles. The van der Waals surface area contributed by atoms with E-state index in [1.165, 1.54) is 0 Å². The van der Waals surface area contributed by atoms with E-state index < -0.39 is 0 Å². The topological polar surface area (TPSA) is 77.5 Å². The molecule has 1 amide bonds. The maximum Gasteiger partial charge on any atom is 0.209 e. The van der Waals surface area contributed by atoms with Gasteiger partial charge in [0, 0.05) is 52.1 Å². The van der Waals surface area contributed by atoms with Crippen LogP contribution in [0.4, 0.5) is 5.69 Å². The molecule has 0 unspecified atom stereocenters. The molecule has 27 heavy (non-hydrogen) atoms. The third kappa shape index (κ3) is 8.15. The minimum Gasteiger partial charge on any atom is -0.392 e. The van der Waals surface area contributed by atoms with Crippen molar-refractivity contribution in [3.63, 3.8) is 0 Å². The molecule has 0 spiro atoms. The normalized spacial score (nSPS) is 13.1. The first-order valence-electron chi connectivity index (χ1n) is 8.77. The Kier molecular flexibility index (Phi) is 9.23. The molecule has 0 bridgehead atoms. The van der Waals surface area contributed by atoms with Crippen LogP contribution in [0.15, 0.2) is 61.2 Å². The predicted octanol–water partition coefficient (Wildman–Crippen LogP) is 2.93. The number of benzene rings is 1. The number of hydrogen-bond donors (Lipinski definition) is 3. The number of rotatable bonds is 7. The Morgan fingerprint density at radius 3 is 2.56 bits per heavy atom. The van der Waals surface area contributed by atoms with Gasteiger partial charge in [-0.25, -0.2) is 0 Å². The highest BCUT2D eigenvalue weighted by atomic mass is 32.2. The highest BCUT2D eigenvalue weighted by Crippen LogP contribution is 2.11. The third-order valence-electron chi connectivity index (χ3n) is 3.86. The molecule has 1 aromatic heterocycles. The van der Waals surface area contributed by atoms with E-state index in [0.29, 0.717) is 6.54 Å². The summed E-state index contributed by atoms with van der Waals surface area (Å²) in [5, 5.41) is 15.3. The summed E-state index contributed by atoms with van der Waals surface area (Å²) < 4.78 is 0. The van der Waals surface area contributed by atoms with E-state index in [1.807, 2.05) is 59.3 Å². The van der Waals surface area contributed by atoms with Crippen LogP contribution >= 0.6 is 11.8 Å². The van der Waals surface area contributed by atoms with Crippen LogP contribution in [0.1, 0.15) is 14.0 Å². The molecule has 3 rings (SSSR count). The first-order valence-corrected chi connectivity index (χ1v) is 9.92. The van der Waals surface area contributed by atoms with E-state index in [4.69, 9.17) is 5.11 Å². The minimum absolute atomic E-state index is 0. The van der Waals surface area contributed by atoms with Gasteiger partial charge in [-0.05, 0) is 29.3 Å². The number of nitrogens with one attached hydrogen (secondary N) is 2. The number of pyridine rings is 1. The van der Waals surface area contributed by atoms with Gasteiger partial charge < -0.3 is 20.6 Å². The summed E-state index contributed by atoms with van der Waals surface area (Å²) in [6, 6.07) is 11.5. The molecule has 0 aliphatic carbocycles. The van der Waals surface area contributed by atoms with Crippen molar-refractivity contribution in [1.29, 1.82) is 0 Å². The summed E-state index contributed by atoms with van der Waals surface area (Å²) in [6.45, 7) is 6.52. The quantitative estimate of drug-likeness (QED) is 0.631. The maximum absolute atomic E-state index is 10.1. The molecule has 1 aliphatic heterocycles. The van der Waals surface area contributed by atoms with Gasteiger partial charge in [-0.3, -0.25) is 9.78 Å². The average Bonchev–Trinajstić information content (AvgIpc) is 2.74. The van der Waals surface area contributed by atoms with Crippen molar-refractivity contribution in [3.8, 4) is 0 Å². The fraction of sp³-hybridized carbons (Fsp3) is 0.300. The number of aliphatic hydroxyl groups is 1. The minimum atomic E-state index is 0. The lowest BCUT2D eigenvalue weighted by molar-refractivity contribution is -0.117. The van der Waals surface area contributed by atoms with Gasteiger partial charge in [-0.15, -0.1) is 0 Å². The van der Waals surface area contributed by atoms with E-state index in [-0.39, 0.29) is 9.46 Å². The molecule has 1 fully saturated rings. The number of hydrogen-bond acceptors (Lipinski definition) is 6. The Bertz CT molecular complexity index is 699. The molecule has 1 saturated heterocycles. The molecular weight excluding hydrogens is 360 g/mol. The van der Waals surface area contributed by atoms with Gasteiger partial charge in [0.1, 0.15) is 0 Å². The fourth-order valence-corrected chi connectivity index (χ4v) is 3.24. The molecule has 7 heteroatoms. The number of anilines is 1. The van der Waals surface area contributed by atoms with Crippen molar-refractivity contribution in [3.05, 3.63) is 72.3 Å². The van der Waals surface area contributed by atoms with Crippen LogP contribution in [0.25, 0.3) is 0 Å². The number of nitrogens with zero attached hydrogens (tertiary/aromatic N) is 2. The molecule has 0 atom stereocenters. The van der Waals surface area contributed by atoms with Crippen LogP contribution in [0.2, 0.25) is 0 Å². The number of thioether (sulfide) groups is 1. The van der Waals surface area contributed by atoms with Gasteiger partial charge in [-0.1, -0.05) is 24.8 Å². The first-order chi connectivity index (χ1) is 13.2. The first kappa shape index (κ1) is 20.8. The molecule has 1 aromatic carbocycles. The van der Waals surface area contributed by atoms with Gasteiger partial charge >= 0.3 is 0 Å². The molecular formula is C20H30N4O2S. The summed E-state index contributed by atoms with van der Waals surface area (Å²) in [4.78, 5) is 15.9. The van der Waals surface area contributed by atoms with Crippen LogP contribution in [0, 0.1) is 0 Å². The van der Waals surface area contributed by atoms with Crippen molar-refractivity contribution >= 4 is 23.9 Å². The molecule has 1 aliphatic rings. The van der Waals surface area contributed by atoms with Crippen LogP contribution in [-0.4, -0.2) is 46.0 Å². The van der Waals surface area contributed by atoms with Crippen LogP contribution in [0.5, 0.6) is 0 Å². The van der Waals surface area contributed by atoms with Gasteiger partial charge in [0.05, 0.1) is 12.4 Å². The second kappa shape index (κ2) is 12.0. The SMILES string of the molecule is C=C(NCc1cccnc1)Nc1ccc(CO)cc1.O=CN1CCSCC1.[HH].[HH]. The van der Waals surface area contributed by atoms with Crippen LogP contribution in [0.3, 0.4) is 0 Å². The summed E-state index contributed by atoms with van der Waals surface area (Å²) in [5.74, 6) is 2.94. The van der Waals surface area contributed by atoms with Gasteiger partial charge in [0.25, 0.3) is 0 Å². The third-order valence-corrected chi connectivity index (χ3v) is 4.80. The lowest BCUT2D eigenvalue weighted by Crippen LogP contribution is -2.30. The molecule has 148 valence electrons. The van der Waals surface area contributed by atoms with E-state index in [0.717, 1.165) is 53.6 Å². The Morgan fingerprint density at radius 1 is 1.26 bits per heavy atom. The van der Waals surface area contributed by atoms with Crippen molar-refractivity contribution in [2.45, 2.75) is 13.2 Å². The van der Waals surface area contributed by atoms with E-state index in [9.17, 15) is 4.79 Å². The molecule has 2 aromatic rings. The zero-order valence-corrected chi connectivity index (χ0v) is 16.1. The smallest absolute Gasteiger partial charge is 0.209 e.